The van der Waals surface area contributed by atoms with Crippen molar-refractivity contribution in [2.24, 2.45) is 5.92 Å². The number of aldehydes is 1. The van der Waals surface area contributed by atoms with Gasteiger partial charge in [0, 0.05) is 94.1 Å². The predicted molar refractivity (Wildman–Crippen MR) is 274 cm³/mol. The Labute approximate surface area is 415 Å². The van der Waals surface area contributed by atoms with Crippen LogP contribution in [0, 0.1) is 12.8 Å². The number of benzene rings is 5. The molecular weight excluding hydrogens is 963 g/mol. The van der Waals surface area contributed by atoms with E-state index in [9.17, 15) is 31.2 Å². The number of carbonyl (C=O) groups excluding carboxylic acids is 2. The highest BCUT2D eigenvalue weighted by Gasteiger charge is 2.48. The van der Waals surface area contributed by atoms with Gasteiger partial charge in [-0.3, -0.25) is 0 Å². The van der Waals surface area contributed by atoms with E-state index in [1.54, 1.807) is 6.07 Å². The summed E-state index contributed by atoms with van der Waals surface area (Å²) < 4.78 is 78.3. The molecule has 1 aromatic heterocycles. The van der Waals surface area contributed by atoms with Crippen LogP contribution in [0.4, 0.5) is 35.9 Å². The van der Waals surface area contributed by atoms with Gasteiger partial charge in [0.05, 0.1) is 16.9 Å². The SMILES string of the molecule is CCn1c(C)c(C(=O)OC2CCC(C=O)CC2)c(-c2cccc(N3CCN(c4ccc(NSc5ccc(NCCSc6ccccc6)c(S(=O)(=O)C(F)(F)F)c5)cc4)CC3)c2)c1-c1ccc(Cl)cc1. The van der Waals surface area contributed by atoms with E-state index in [2.05, 4.69) is 43.5 Å². The number of piperazine rings is 1. The van der Waals surface area contributed by atoms with Crippen LogP contribution in [-0.2, 0) is 25.9 Å². The molecule has 17 heteroatoms. The van der Waals surface area contributed by atoms with Gasteiger partial charge in [-0.15, -0.1) is 11.8 Å². The summed E-state index contributed by atoms with van der Waals surface area (Å²) in [5.74, 6) is 0.161. The zero-order chi connectivity index (χ0) is 48.7. The fourth-order valence-corrected chi connectivity index (χ4v) is 11.6. The van der Waals surface area contributed by atoms with Crippen LogP contribution in [0.25, 0.3) is 22.4 Å². The van der Waals surface area contributed by atoms with E-state index in [1.807, 2.05) is 97.9 Å². The monoisotopic (exact) mass is 1020 g/mol. The molecule has 8 rings (SSSR count). The lowest BCUT2D eigenvalue weighted by Crippen LogP contribution is -2.46. The highest BCUT2D eigenvalue weighted by molar-refractivity contribution is 8.00. The normalized spacial score (nSPS) is 16.6. The number of nitrogens with one attached hydrogen (secondary N) is 2. The van der Waals surface area contributed by atoms with Gasteiger partial charge in [0.2, 0.25) is 0 Å². The lowest BCUT2D eigenvalue weighted by Gasteiger charge is -2.37. The Morgan fingerprint density at radius 2 is 1.49 bits per heavy atom. The van der Waals surface area contributed by atoms with E-state index in [1.165, 1.54) is 17.8 Å². The quantitative estimate of drug-likeness (QED) is 0.0299. The highest BCUT2D eigenvalue weighted by atomic mass is 35.5. The van der Waals surface area contributed by atoms with Crippen molar-refractivity contribution in [3.8, 4) is 22.4 Å². The van der Waals surface area contributed by atoms with Gasteiger partial charge in [0.15, 0.2) is 0 Å². The molecule has 2 aliphatic rings. The number of aromatic nitrogens is 1. The summed E-state index contributed by atoms with van der Waals surface area (Å²) in [5, 5.41) is 3.51. The predicted octanol–water partition coefficient (Wildman–Crippen LogP) is 12.7. The van der Waals surface area contributed by atoms with Gasteiger partial charge in [0.25, 0.3) is 9.84 Å². The second-order valence-electron chi connectivity index (χ2n) is 17.0. The van der Waals surface area contributed by atoms with Crippen molar-refractivity contribution in [3.05, 3.63) is 138 Å². The van der Waals surface area contributed by atoms with Gasteiger partial charge in [-0.25, -0.2) is 13.2 Å². The number of ether oxygens (including phenoxy) is 1. The lowest BCUT2D eigenvalue weighted by molar-refractivity contribution is -0.112. The summed E-state index contributed by atoms with van der Waals surface area (Å²) in [4.78, 5) is 30.8. The van der Waals surface area contributed by atoms with Crippen LogP contribution in [0.1, 0.15) is 48.7 Å². The summed E-state index contributed by atoms with van der Waals surface area (Å²) in [6.45, 7) is 7.85. The fraction of sp³-hybridized carbons (Fsp3) is 0.308. The van der Waals surface area contributed by atoms with Gasteiger partial charge in [-0.2, -0.15) is 13.2 Å². The molecule has 2 heterocycles. The molecule has 6 aromatic rings. The van der Waals surface area contributed by atoms with Crippen molar-refractivity contribution in [1.82, 2.24) is 4.57 Å². The number of hydrogen-bond donors (Lipinski definition) is 2. The van der Waals surface area contributed by atoms with Crippen LogP contribution in [0.15, 0.2) is 136 Å². The van der Waals surface area contributed by atoms with Crippen molar-refractivity contribution in [2.75, 3.05) is 58.3 Å². The molecule has 0 bridgehead atoms. The molecular formula is C52H53ClF3N5O5S3. The van der Waals surface area contributed by atoms with Crippen LogP contribution >= 0.6 is 35.3 Å². The number of carbonyl (C=O) groups is 2. The van der Waals surface area contributed by atoms with Crippen molar-refractivity contribution < 1.29 is 35.9 Å². The maximum Gasteiger partial charge on any atom is 0.501 e. The lowest BCUT2D eigenvalue weighted by atomic mass is 9.88. The molecule has 2 N–H and O–H groups in total. The molecule has 0 spiro atoms. The van der Waals surface area contributed by atoms with Gasteiger partial charge in [0.1, 0.15) is 17.3 Å². The number of rotatable bonds is 17. The molecule has 1 saturated carbocycles. The topological polar surface area (TPSA) is 113 Å². The molecule has 0 atom stereocenters. The van der Waals surface area contributed by atoms with Crippen molar-refractivity contribution in [1.29, 1.82) is 0 Å². The molecule has 5 aromatic carbocycles. The highest BCUT2D eigenvalue weighted by Crippen LogP contribution is 2.42. The largest absolute Gasteiger partial charge is 0.501 e. The average Bonchev–Trinajstić information content (AvgIpc) is 3.67. The zero-order valence-electron chi connectivity index (χ0n) is 38.2. The van der Waals surface area contributed by atoms with E-state index in [4.69, 9.17) is 16.3 Å². The van der Waals surface area contributed by atoms with E-state index < -0.39 is 20.2 Å². The van der Waals surface area contributed by atoms with E-state index >= 15 is 0 Å². The Balaban J connectivity index is 0.936. The first-order valence-corrected chi connectivity index (χ1v) is 26.6. The number of sulfone groups is 1. The number of anilines is 4. The summed E-state index contributed by atoms with van der Waals surface area (Å²) in [7, 11) is -5.63. The summed E-state index contributed by atoms with van der Waals surface area (Å²) in [6, 6.07) is 37.2. The van der Waals surface area contributed by atoms with E-state index in [0.29, 0.717) is 59.1 Å². The molecule has 1 saturated heterocycles. The zero-order valence-corrected chi connectivity index (χ0v) is 41.4. The first-order chi connectivity index (χ1) is 33.2. The Morgan fingerprint density at radius 3 is 2.14 bits per heavy atom. The molecule has 0 radical (unpaired) electrons. The molecule has 10 nitrogen and oxygen atoms in total. The van der Waals surface area contributed by atoms with Gasteiger partial charge < -0.3 is 33.9 Å². The fourth-order valence-electron chi connectivity index (χ4n) is 8.99. The first-order valence-electron chi connectivity index (χ1n) is 22.9. The van der Waals surface area contributed by atoms with Crippen molar-refractivity contribution in [2.45, 2.75) is 72.4 Å². The minimum absolute atomic E-state index is 0.00843. The summed E-state index contributed by atoms with van der Waals surface area (Å²) in [5.41, 5.74) is 2.05. The molecule has 0 amide bonds. The third-order valence-electron chi connectivity index (χ3n) is 12.6. The number of thioether (sulfide) groups is 1. The minimum Gasteiger partial charge on any atom is -0.459 e. The second-order valence-corrected chi connectivity index (χ2v) is 21.4. The molecule has 1 aliphatic carbocycles. The maximum absolute atomic E-state index is 14.3. The standard InChI is InChI=1S/C52H53ClF3N5O5S3/c1-3-61-35(2)48(51(63)66-43-22-12-36(34-62)13-23-43)49(50(61)37-14-16-39(53)17-15-37)38-8-7-9-42(32-38)60-29-27-59(28-30-60)41-20-18-40(19-21-41)58-68-45-24-25-46(47(33-45)69(64,65)52(54,55)56)57-26-31-67-44-10-5-4-6-11-44/h4-11,14-21,24-25,32-34,36,43,57-58H,3,12-13,22-23,26-31H2,1-2H3. The maximum atomic E-state index is 14.3. The smallest absolute Gasteiger partial charge is 0.459 e. The van der Waals surface area contributed by atoms with Crippen LogP contribution in [-0.4, -0.2) is 75.3 Å². The van der Waals surface area contributed by atoms with Gasteiger partial charge in [-0.05, 0) is 141 Å². The number of hydrogen-bond acceptors (Lipinski definition) is 11. The number of esters is 1. The third-order valence-corrected chi connectivity index (χ3v) is 16.2. The Morgan fingerprint density at radius 1 is 0.812 bits per heavy atom. The van der Waals surface area contributed by atoms with Crippen LogP contribution in [0.3, 0.4) is 0 Å². The Hall–Kier alpha value is -5.55. The van der Waals surface area contributed by atoms with Crippen LogP contribution < -0.4 is 19.8 Å². The van der Waals surface area contributed by atoms with Crippen LogP contribution in [0.2, 0.25) is 5.02 Å². The molecule has 362 valence electrons. The summed E-state index contributed by atoms with van der Waals surface area (Å²) in [6.07, 6.45) is 3.47. The minimum atomic E-state index is -5.63. The second kappa shape index (κ2) is 22.0. The molecule has 2 fully saturated rings. The molecule has 0 unspecified atom stereocenters. The Bertz CT molecular complexity index is 2850. The summed E-state index contributed by atoms with van der Waals surface area (Å²) >= 11 is 8.87. The van der Waals surface area contributed by atoms with Gasteiger partial charge >= 0.3 is 11.5 Å². The number of halogens is 4. The number of nitrogens with zero attached hydrogens (tertiary/aromatic N) is 3. The number of alkyl halides is 3. The third kappa shape index (κ3) is 11.6. The van der Waals surface area contributed by atoms with Crippen molar-refractivity contribution in [3.63, 3.8) is 0 Å². The van der Waals surface area contributed by atoms with E-state index in [0.717, 1.165) is 94.8 Å². The van der Waals surface area contributed by atoms with Gasteiger partial charge in [-0.1, -0.05) is 54.1 Å². The Kier molecular flexibility index (Phi) is 15.9. The first kappa shape index (κ1) is 49.9. The van der Waals surface area contributed by atoms with Crippen LogP contribution in [0.5, 0.6) is 0 Å². The van der Waals surface area contributed by atoms with Crippen molar-refractivity contribution >= 4 is 80.2 Å². The molecule has 69 heavy (non-hydrogen) atoms. The van der Waals surface area contributed by atoms with E-state index in [-0.39, 0.29) is 30.2 Å². The molecule has 1 aliphatic heterocycles. The average molecular weight is 1020 g/mol.